The number of hydrogen-bond donors (Lipinski definition) is 2. The molecule has 25 heavy (non-hydrogen) atoms. The largest absolute Gasteiger partial charge is 0.465 e. The maximum atomic E-state index is 11.6. The third kappa shape index (κ3) is 2.17. The van der Waals surface area contributed by atoms with Crippen LogP contribution in [-0.2, 0) is 11.0 Å². The summed E-state index contributed by atoms with van der Waals surface area (Å²) < 4.78 is 0. The zero-order valence-corrected chi connectivity index (χ0v) is 15.2. The lowest BCUT2D eigenvalue weighted by Gasteiger charge is -2.40. The Hall–Kier alpha value is -2.17. The van der Waals surface area contributed by atoms with E-state index in [1.165, 1.54) is 23.2 Å². The maximum absolute atomic E-state index is 11.6. The molecule has 2 N–H and O–H groups in total. The van der Waals surface area contributed by atoms with E-state index in [0.29, 0.717) is 0 Å². The molecule has 0 radical (unpaired) electrons. The summed E-state index contributed by atoms with van der Waals surface area (Å²) in [6.45, 7) is 2.28. The molecule has 2 unspecified atom stereocenters. The molecule has 0 spiro atoms. The number of anilines is 1. The molecular weight excluding hydrogens is 314 g/mol. The number of amides is 1. The molecule has 1 aromatic carbocycles. The van der Waals surface area contributed by atoms with E-state index in [4.69, 9.17) is 0 Å². The van der Waals surface area contributed by atoms with Gasteiger partial charge in [0, 0.05) is 19.8 Å². The van der Waals surface area contributed by atoms with Gasteiger partial charge in [0.15, 0.2) is 0 Å². The lowest BCUT2D eigenvalue weighted by atomic mass is 9.70. The molecule has 1 aliphatic carbocycles. The Morgan fingerprint density at radius 2 is 1.96 bits per heavy atom. The van der Waals surface area contributed by atoms with Gasteiger partial charge in [-0.3, -0.25) is 0 Å². The summed E-state index contributed by atoms with van der Waals surface area (Å²) in [6.07, 6.45) is 8.81. The zero-order chi connectivity index (χ0) is 17.8. The SMILES string of the molecule is CN1C=CC2(C)c3c(cccc3C3(NC(=O)O)CCCCC3)N(C)C12. The third-order valence-corrected chi connectivity index (χ3v) is 6.47. The van der Waals surface area contributed by atoms with Crippen LogP contribution in [0.5, 0.6) is 0 Å². The summed E-state index contributed by atoms with van der Waals surface area (Å²) in [5.41, 5.74) is 3.09. The van der Waals surface area contributed by atoms with E-state index < -0.39 is 11.6 Å². The lowest BCUT2D eigenvalue weighted by Crippen LogP contribution is -2.49. The van der Waals surface area contributed by atoms with Gasteiger partial charge in [-0.1, -0.05) is 37.5 Å². The summed E-state index contributed by atoms with van der Waals surface area (Å²) in [5, 5.41) is 12.5. The molecule has 1 amide bonds. The molecule has 1 aromatic rings. The second kappa shape index (κ2) is 5.41. The Labute approximate surface area is 149 Å². The Morgan fingerprint density at radius 1 is 1.24 bits per heavy atom. The van der Waals surface area contributed by atoms with Crippen LogP contribution in [0.4, 0.5) is 10.5 Å². The normalized spacial score (nSPS) is 29.5. The van der Waals surface area contributed by atoms with E-state index in [1.807, 2.05) is 0 Å². The highest BCUT2D eigenvalue weighted by molar-refractivity contribution is 5.72. The van der Waals surface area contributed by atoms with Crippen LogP contribution >= 0.6 is 0 Å². The number of rotatable bonds is 2. The van der Waals surface area contributed by atoms with Crippen LogP contribution in [0.2, 0.25) is 0 Å². The van der Waals surface area contributed by atoms with Crippen LogP contribution in [0.25, 0.3) is 0 Å². The smallest absolute Gasteiger partial charge is 0.405 e. The average Bonchev–Trinajstić information content (AvgIpc) is 3.01. The van der Waals surface area contributed by atoms with Crippen molar-refractivity contribution in [2.75, 3.05) is 19.0 Å². The number of hydrogen-bond acceptors (Lipinski definition) is 3. The van der Waals surface area contributed by atoms with Crippen molar-refractivity contribution in [3.05, 3.63) is 41.6 Å². The second-order valence-corrected chi connectivity index (χ2v) is 8.02. The van der Waals surface area contributed by atoms with E-state index in [-0.39, 0.29) is 11.6 Å². The molecule has 134 valence electrons. The molecule has 0 bridgehead atoms. The van der Waals surface area contributed by atoms with E-state index in [0.717, 1.165) is 25.7 Å². The molecule has 0 saturated heterocycles. The van der Waals surface area contributed by atoms with Crippen LogP contribution in [0.1, 0.15) is 50.2 Å². The number of fused-ring (bicyclic) bond motifs is 3. The van der Waals surface area contributed by atoms with E-state index in [2.05, 4.69) is 66.6 Å². The van der Waals surface area contributed by atoms with Gasteiger partial charge >= 0.3 is 6.09 Å². The molecular formula is C20H27N3O2. The van der Waals surface area contributed by atoms with Gasteiger partial charge in [-0.2, -0.15) is 0 Å². The first-order valence-electron chi connectivity index (χ1n) is 9.18. The summed E-state index contributed by atoms with van der Waals surface area (Å²) in [4.78, 5) is 16.2. The molecule has 5 nitrogen and oxygen atoms in total. The fraction of sp³-hybridized carbons (Fsp3) is 0.550. The molecule has 0 aromatic heterocycles. The Balaban J connectivity index is 1.91. The quantitative estimate of drug-likeness (QED) is 0.863. The second-order valence-electron chi connectivity index (χ2n) is 8.02. The van der Waals surface area contributed by atoms with Crippen molar-refractivity contribution >= 4 is 11.8 Å². The van der Waals surface area contributed by atoms with Crippen LogP contribution in [0.15, 0.2) is 30.5 Å². The number of likely N-dealkylation sites (N-methyl/N-ethyl adjacent to an activating group) is 2. The summed E-state index contributed by atoms with van der Waals surface area (Å²) in [7, 11) is 4.25. The number of carbonyl (C=O) groups is 1. The van der Waals surface area contributed by atoms with Crippen molar-refractivity contribution in [2.45, 2.75) is 56.1 Å². The molecule has 3 aliphatic rings. The van der Waals surface area contributed by atoms with Gasteiger partial charge in [0.1, 0.15) is 6.17 Å². The number of nitrogens with zero attached hydrogens (tertiary/aromatic N) is 2. The third-order valence-electron chi connectivity index (χ3n) is 6.47. The topological polar surface area (TPSA) is 55.8 Å². The molecule has 1 saturated carbocycles. The first-order valence-corrected chi connectivity index (χ1v) is 9.18. The van der Waals surface area contributed by atoms with E-state index >= 15 is 0 Å². The van der Waals surface area contributed by atoms with Gasteiger partial charge in [0.2, 0.25) is 0 Å². The zero-order valence-electron chi connectivity index (χ0n) is 15.2. The summed E-state index contributed by atoms with van der Waals surface area (Å²) >= 11 is 0. The fourth-order valence-electron chi connectivity index (χ4n) is 5.50. The standard InChI is InChI=1S/C20H27N3O2/c1-19-12-13-22(2)17(19)23(3)15-9-7-8-14(16(15)19)20(21-18(24)25)10-5-4-6-11-20/h7-9,12-13,17,21H,4-6,10-11H2,1-3H3,(H,24,25). The molecule has 1 fully saturated rings. The molecule has 2 atom stereocenters. The Morgan fingerprint density at radius 3 is 2.64 bits per heavy atom. The number of benzene rings is 1. The Kier molecular flexibility index (Phi) is 3.53. The number of carboxylic acid groups (broad SMARTS) is 1. The van der Waals surface area contributed by atoms with Crippen molar-refractivity contribution in [3.63, 3.8) is 0 Å². The molecule has 2 heterocycles. The highest BCUT2D eigenvalue weighted by Crippen LogP contribution is 2.54. The summed E-state index contributed by atoms with van der Waals surface area (Å²) in [5.74, 6) is 0. The van der Waals surface area contributed by atoms with Gasteiger partial charge in [-0.25, -0.2) is 4.79 Å². The van der Waals surface area contributed by atoms with Crippen molar-refractivity contribution in [3.8, 4) is 0 Å². The molecule has 4 rings (SSSR count). The minimum atomic E-state index is -0.924. The van der Waals surface area contributed by atoms with Gasteiger partial charge < -0.3 is 20.2 Å². The first kappa shape index (κ1) is 16.3. The van der Waals surface area contributed by atoms with E-state index in [1.54, 1.807) is 0 Å². The van der Waals surface area contributed by atoms with Crippen molar-refractivity contribution in [1.82, 2.24) is 10.2 Å². The molecule has 2 aliphatic heterocycles. The van der Waals surface area contributed by atoms with Crippen molar-refractivity contribution < 1.29 is 9.90 Å². The van der Waals surface area contributed by atoms with Gasteiger partial charge in [-0.15, -0.1) is 0 Å². The van der Waals surface area contributed by atoms with Gasteiger partial charge in [0.05, 0.1) is 11.0 Å². The highest BCUT2D eigenvalue weighted by atomic mass is 16.4. The maximum Gasteiger partial charge on any atom is 0.405 e. The predicted molar refractivity (Wildman–Crippen MR) is 98.8 cm³/mol. The van der Waals surface area contributed by atoms with Crippen molar-refractivity contribution in [2.24, 2.45) is 0 Å². The lowest BCUT2D eigenvalue weighted by molar-refractivity contribution is 0.161. The Bertz CT molecular complexity index is 738. The molecule has 5 heteroatoms. The fourth-order valence-corrected chi connectivity index (χ4v) is 5.50. The van der Waals surface area contributed by atoms with Crippen molar-refractivity contribution in [1.29, 1.82) is 0 Å². The van der Waals surface area contributed by atoms with Crippen LogP contribution in [0.3, 0.4) is 0 Å². The first-order chi connectivity index (χ1) is 11.9. The van der Waals surface area contributed by atoms with Gasteiger partial charge in [0.25, 0.3) is 0 Å². The average molecular weight is 341 g/mol. The minimum Gasteiger partial charge on any atom is -0.465 e. The predicted octanol–water partition coefficient (Wildman–Crippen LogP) is 3.61. The summed E-state index contributed by atoms with van der Waals surface area (Å²) in [6, 6.07) is 6.40. The number of nitrogens with one attached hydrogen (secondary N) is 1. The highest BCUT2D eigenvalue weighted by Gasteiger charge is 2.53. The van der Waals surface area contributed by atoms with Crippen LogP contribution in [0, 0.1) is 0 Å². The minimum absolute atomic E-state index is 0.125. The van der Waals surface area contributed by atoms with Crippen LogP contribution in [-0.4, -0.2) is 36.4 Å². The van der Waals surface area contributed by atoms with Crippen LogP contribution < -0.4 is 10.2 Å². The monoisotopic (exact) mass is 341 g/mol. The van der Waals surface area contributed by atoms with E-state index in [9.17, 15) is 9.90 Å². The van der Waals surface area contributed by atoms with Gasteiger partial charge in [-0.05, 0) is 43.2 Å².